The van der Waals surface area contributed by atoms with Crippen LogP contribution in [0.4, 0.5) is 10.1 Å². The van der Waals surface area contributed by atoms with Crippen molar-refractivity contribution in [2.24, 2.45) is 5.73 Å². The fourth-order valence-corrected chi connectivity index (χ4v) is 3.45. The van der Waals surface area contributed by atoms with Gasteiger partial charge in [-0.05, 0) is 41.5 Å². The van der Waals surface area contributed by atoms with Crippen molar-refractivity contribution in [1.29, 1.82) is 5.26 Å². The molecule has 4 rings (SSSR count). The maximum Gasteiger partial charge on any atom is 0.241 e. The first-order valence-electron chi connectivity index (χ1n) is 9.92. The minimum Gasteiger partial charge on any atom is -0.453 e. The third-order valence-electron chi connectivity index (χ3n) is 5.02. The summed E-state index contributed by atoms with van der Waals surface area (Å²) in [6.07, 6.45) is 3.29. The molecule has 1 atom stereocenters. The van der Waals surface area contributed by atoms with Crippen LogP contribution in [-0.2, 0) is 16.0 Å². The Bertz CT molecular complexity index is 1390. The Labute approximate surface area is 187 Å². The molecule has 2 aromatic carbocycles. The largest absolute Gasteiger partial charge is 0.453 e. The van der Waals surface area contributed by atoms with Crippen molar-refractivity contribution < 1.29 is 18.7 Å². The number of pyridine rings is 1. The number of aromatic nitrogens is 2. The second-order valence-corrected chi connectivity index (χ2v) is 7.16. The number of carbonyl (C=O) groups excluding carboxylic acids is 2. The summed E-state index contributed by atoms with van der Waals surface area (Å²) in [6, 6.07) is 15.8. The van der Waals surface area contributed by atoms with Gasteiger partial charge in [0.2, 0.25) is 11.8 Å². The van der Waals surface area contributed by atoms with E-state index in [1.54, 1.807) is 42.6 Å². The van der Waals surface area contributed by atoms with E-state index >= 15 is 0 Å². The monoisotopic (exact) mass is 443 g/mol. The predicted molar refractivity (Wildman–Crippen MR) is 119 cm³/mol. The number of nitrogens with one attached hydrogen (secondary N) is 2. The van der Waals surface area contributed by atoms with E-state index in [0.717, 1.165) is 6.07 Å². The first kappa shape index (κ1) is 21.5. The summed E-state index contributed by atoms with van der Waals surface area (Å²) >= 11 is 0. The summed E-state index contributed by atoms with van der Waals surface area (Å²) in [5.41, 5.74) is 7.09. The number of nitrogens with two attached hydrogens (primary N) is 1. The molecule has 9 heteroatoms. The van der Waals surface area contributed by atoms with Gasteiger partial charge in [-0.2, -0.15) is 5.26 Å². The molecule has 4 N–H and O–H groups in total. The van der Waals surface area contributed by atoms with E-state index in [1.807, 2.05) is 6.07 Å². The predicted octanol–water partition coefficient (Wildman–Crippen LogP) is 3.77. The number of anilines is 1. The molecule has 33 heavy (non-hydrogen) atoms. The van der Waals surface area contributed by atoms with Crippen LogP contribution in [0.1, 0.15) is 17.0 Å². The Balaban J connectivity index is 1.59. The number of H-pyrrole nitrogens is 1. The van der Waals surface area contributed by atoms with Gasteiger partial charge in [-0.25, -0.2) is 9.37 Å². The minimum atomic E-state index is -1.44. The zero-order valence-electron chi connectivity index (χ0n) is 17.2. The quantitative estimate of drug-likeness (QED) is 0.374. The van der Waals surface area contributed by atoms with Gasteiger partial charge in [-0.3, -0.25) is 9.59 Å². The van der Waals surface area contributed by atoms with Gasteiger partial charge in [0.1, 0.15) is 17.3 Å². The first-order valence-corrected chi connectivity index (χ1v) is 9.92. The van der Waals surface area contributed by atoms with Crippen LogP contribution in [0.25, 0.3) is 11.0 Å². The number of hydrogen-bond acceptors (Lipinski definition) is 5. The molecule has 1 unspecified atom stereocenters. The number of para-hydroxylation sites is 1. The third kappa shape index (κ3) is 4.50. The van der Waals surface area contributed by atoms with Gasteiger partial charge in [0.15, 0.2) is 11.6 Å². The average molecular weight is 443 g/mol. The van der Waals surface area contributed by atoms with Gasteiger partial charge < -0.3 is 20.8 Å². The summed E-state index contributed by atoms with van der Waals surface area (Å²) in [4.78, 5) is 32.0. The number of primary amides is 1. The molecule has 0 fully saturated rings. The highest BCUT2D eigenvalue weighted by Gasteiger charge is 2.28. The van der Waals surface area contributed by atoms with E-state index in [-0.39, 0.29) is 17.7 Å². The van der Waals surface area contributed by atoms with E-state index in [0.29, 0.717) is 28.0 Å². The SMILES string of the molecule is N#CCc1ccccc1NC(=O)C(C(N)=O)c1ccc(Oc2ccnc3[nH]ccc23)c(F)c1. The fraction of sp³-hybridized carbons (Fsp3) is 0.0833. The van der Waals surface area contributed by atoms with Gasteiger partial charge in [-0.15, -0.1) is 0 Å². The summed E-state index contributed by atoms with van der Waals surface area (Å²) in [7, 11) is 0. The van der Waals surface area contributed by atoms with Crippen molar-refractivity contribution >= 4 is 28.5 Å². The molecule has 4 aromatic rings. The second-order valence-electron chi connectivity index (χ2n) is 7.16. The highest BCUT2D eigenvalue weighted by Crippen LogP contribution is 2.32. The number of nitrogens with zero attached hydrogens (tertiary/aromatic N) is 2. The molecule has 2 aromatic heterocycles. The van der Waals surface area contributed by atoms with E-state index < -0.39 is 23.5 Å². The zero-order chi connectivity index (χ0) is 23.4. The number of aromatic amines is 1. The van der Waals surface area contributed by atoms with Crippen LogP contribution in [0.15, 0.2) is 67.0 Å². The van der Waals surface area contributed by atoms with E-state index in [1.165, 1.54) is 18.3 Å². The molecule has 2 amide bonds. The van der Waals surface area contributed by atoms with Gasteiger partial charge in [-0.1, -0.05) is 24.3 Å². The lowest BCUT2D eigenvalue weighted by Gasteiger charge is -2.16. The van der Waals surface area contributed by atoms with Gasteiger partial charge in [0.05, 0.1) is 17.9 Å². The maximum absolute atomic E-state index is 14.9. The maximum atomic E-state index is 14.9. The number of hydrogen-bond donors (Lipinski definition) is 3. The van der Waals surface area contributed by atoms with E-state index in [4.69, 9.17) is 15.7 Å². The standard InChI is InChI=1S/C24H18FN5O3/c25-17-13-15(5-6-20(17)33-19-9-12-29-23-16(19)8-11-28-23)21(22(27)31)24(32)30-18-4-2-1-3-14(18)7-10-26/h1-6,8-9,11-13,21H,7H2,(H2,27,31)(H,28,29)(H,30,32). The van der Waals surface area contributed by atoms with Crippen molar-refractivity contribution in [3.05, 3.63) is 83.9 Å². The molecule has 2 heterocycles. The topological polar surface area (TPSA) is 134 Å². The van der Waals surface area contributed by atoms with Crippen molar-refractivity contribution in [3.63, 3.8) is 0 Å². The highest BCUT2D eigenvalue weighted by molar-refractivity contribution is 6.10. The molecule has 0 radical (unpaired) electrons. The number of ether oxygens (including phenoxy) is 1. The number of nitriles is 1. The molecule has 0 bridgehead atoms. The summed E-state index contributed by atoms with van der Waals surface area (Å²) in [6.45, 7) is 0. The van der Waals surface area contributed by atoms with Crippen LogP contribution in [0.2, 0.25) is 0 Å². The number of halogens is 1. The molecule has 0 aliphatic rings. The van der Waals surface area contributed by atoms with Crippen molar-refractivity contribution in [1.82, 2.24) is 9.97 Å². The lowest BCUT2D eigenvalue weighted by Crippen LogP contribution is -2.32. The first-order chi connectivity index (χ1) is 16.0. The third-order valence-corrected chi connectivity index (χ3v) is 5.02. The molecular formula is C24H18FN5O3. The van der Waals surface area contributed by atoms with E-state index in [2.05, 4.69) is 15.3 Å². The zero-order valence-corrected chi connectivity index (χ0v) is 17.2. The molecule has 0 aliphatic carbocycles. The van der Waals surface area contributed by atoms with Crippen LogP contribution < -0.4 is 15.8 Å². The number of benzene rings is 2. The Kier molecular flexibility index (Phi) is 6.00. The Morgan fingerprint density at radius 3 is 2.76 bits per heavy atom. The molecule has 0 aliphatic heterocycles. The van der Waals surface area contributed by atoms with Gasteiger partial charge >= 0.3 is 0 Å². The van der Waals surface area contributed by atoms with Crippen molar-refractivity contribution in [2.75, 3.05) is 5.32 Å². The normalized spacial score (nSPS) is 11.5. The van der Waals surface area contributed by atoms with Crippen LogP contribution >= 0.6 is 0 Å². The Morgan fingerprint density at radius 2 is 2.00 bits per heavy atom. The van der Waals surface area contributed by atoms with Crippen LogP contribution in [0.3, 0.4) is 0 Å². The molecule has 164 valence electrons. The van der Waals surface area contributed by atoms with Crippen molar-refractivity contribution in [3.8, 4) is 17.6 Å². The van der Waals surface area contributed by atoms with E-state index in [9.17, 15) is 14.0 Å². The van der Waals surface area contributed by atoms with Crippen molar-refractivity contribution in [2.45, 2.75) is 12.3 Å². The lowest BCUT2D eigenvalue weighted by molar-refractivity contribution is -0.127. The highest BCUT2D eigenvalue weighted by atomic mass is 19.1. The summed E-state index contributed by atoms with van der Waals surface area (Å²) in [5.74, 6) is -3.58. The van der Waals surface area contributed by atoms with Crippen LogP contribution in [-0.4, -0.2) is 21.8 Å². The fourth-order valence-electron chi connectivity index (χ4n) is 3.45. The number of carbonyl (C=O) groups is 2. The lowest BCUT2D eigenvalue weighted by atomic mass is 9.96. The summed E-state index contributed by atoms with van der Waals surface area (Å²) in [5, 5.41) is 12.3. The van der Waals surface area contributed by atoms with Crippen LogP contribution in [0, 0.1) is 17.1 Å². The number of fused-ring (bicyclic) bond motifs is 1. The number of amides is 2. The molecule has 0 saturated carbocycles. The Hall–Kier alpha value is -4.71. The molecule has 8 nitrogen and oxygen atoms in total. The Morgan fingerprint density at radius 1 is 1.18 bits per heavy atom. The second kappa shape index (κ2) is 9.20. The van der Waals surface area contributed by atoms with Crippen LogP contribution in [0.5, 0.6) is 11.5 Å². The number of rotatable bonds is 7. The minimum absolute atomic E-state index is 0.0712. The summed E-state index contributed by atoms with van der Waals surface area (Å²) < 4.78 is 20.6. The van der Waals surface area contributed by atoms with Gasteiger partial charge in [0, 0.05) is 18.1 Å². The average Bonchev–Trinajstić information content (AvgIpc) is 3.27. The van der Waals surface area contributed by atoms with Gasteiger partial charge in [0.25, 0.3) is 0 Å². The molecular weight excluding hydrogens is 425 g/mol. The molecule has 0 saturated heterocycles. The smallest absolute Gasteiger partial charge is 0.241 e. The molecule has 0 spiro atoms.